The van der Waals surface area contributed by atoms with Crippen molar-refractivity contribution in [3.05, 3.63) is 54.1 Å². The molecule has 5 rings (SSSR count). The number of carbonyl (C=O) groups excluding carboxylic acids is 2. The van der Waals surface area contributed by atoms with E-state index in [-0.39, 0.29) is 18.4 Å². The number of unbranched alkanes of at least 4 members (excludes halogenated alkanes) is 3. The summed E-state index contributed by atoms with van der Waals surface area (Å²) in [7, 11) is 0. The molecule has 0 spiro atoms. The predicted octanol–water partition coefficient (Wildman–Crippen LogP) is 0.230. The van der Waals surface area contributed by atoms with Crippen LogP contribution < -0.4 is 33.6 Å². The molecular formula is C38H57N7O8S. The van der Waals surface area contributed by atoms with Crippen LogP contribution >= 0.6 is 11.8 Å². The molecule has 1 saturated carbocycles. The number of nitrogens with zero attached hydrogens (tertiary/aromatic N) is 1. The molecule has 16 heteroatoms. The standard InChI is InChI=1S/C38H57N7O8S/c39-21-28-33(48)34(49)31(42)38(52-28)53-35-25(41)20-24(40)32(47)36(35)51-17-7-1-2-8-18-54-19-14-29(46)43-15-9-16-44-37(50)30-22-10-3-5-12-26(22)45-27-13-6-4-11-23(27)30/h3-6,10-13,24-25,28,31-36,38,47-49H,1-2,7-9,14-21,39-42H2,(H,43,46)(H,44,50)/t24-,25+,28-,31-,32+,33-,34-,35-,36-,38-/m1/s1. The van der Waals surface area contributed by atoms with Gasteiger partial charge in [-0.15, -0.1) is 0 Å². The molecule has 15 nitrogen and oxygen atoms in total. The molecule has 298 valence electrons. The number of aromatic nitrogens is 1. The van der Waals surface area contributed by atoms with Gasteiger partial charge >= 0.3 is 0 Å². The molecule has 2 fully saturated rings. The zero-order valence-electron chi connectivity index (χ0n) is 30.6. The number of ether oxygens (including phenoxy) is 3. The lowest BCUT2D eigenvalue weighted by Gasteiger charge is -2.46. The van der Waals surface area contributed by atoms with Gasteiger partial charge in [-0.25, -0.2) is 4.98 Å². The van der Waals surface area contributed by atoms with Crippen LogP contribution in [0.5, 0.6) is 0 Å². The third-order valence-electron chi connectivity index (χ3n) is 10.1. The largest absolute Gasteiger partial charge is 0.389 e. The summed E-state index contributed by atoms with van der Waals surface area (Å²) in [5.41, 5.74) is 26.4. The van der Waals surface area contributed by atoms with Gasteiger partial charge in [0.15, 0.2) is 6.29 Å². The fourth-order valence-corrected chi connectivity index (χ4v) is 7.93. The first-order chi connectivity index (χ1) is 26.1. The van der Waals surface area contributed by atoms with E-state index < -0.39 is 61.0 Å². The summed E-state index contributed by atoms with van der Waals surface area (Å²) in [6, 6.07) is 13.0. The Bertz CT molecular complexity index is 1600. The minimum absolute atomic E-state index is 0.00582. The Labute approximate surface area is 320 Å². The molecule has 54 heavy (non-hydrogen) atoms. The summed E-state index contributed by atoms with van der Waals surface area (Å²) in [4.78, 5) is 30.2. The molecule has 2 heterocycles. The van der Waals surface area contributed by atoms with Crippen LogP contribution in [0.2, 0.25) is 0 Å². The lowest BCUT2D eigenvalue weighted by atomic mass is 9.84. The number of para-hydroxylation sites is 2. The molecule has 2 aliphatic rings. The van der Waals surface area contributed by atoms with E-state index in [0.717, 1.165) is 59.0 Å². The van der Waals surface area contributed by atoms with E-state index in [1.807, 2.05) is 48.5 Å². The maximum Gasteiger partial charge on any atom is 0.252 e. The SMILES string of the molecule is NC[C@H]1O[C@H](O[C@H]2[C@H](OCCCCCCSCCC(=O)NCCCNC(=O)c3c4ccccc4nc4ccccc34)[C@@H](O)[C@H](N)C[C@@H]2N)[C@H](N)[C@@H](O)[C@@H]1O. The van der Waals surface area contributed by atoms with Gasteiger partial charge in [0, 0.05) is 61.3 Å². The number of pyridine rings is 1. The number of hydrogen-bond acceptors (Lipinski definition) is 14. The predicted molar refractivity (Wildman–Crippen MR) is 209 cm³/mol. The first-order valence-corrected chi connectivity index (χ1v) is 20.1. The van der Waals surface area contributed by atoms with Crippen molar-refractivity contribution in [2.45, 2.75) is 106 Å². The van der Waals surface area contributed by atoms with Crippen LogP contribution in [0.1, 0.15) is 55.3 Å². The maximum atomic E-state index is 13.2. The number of aliphatic hydroxyl groups excluding tert-OH is 3. The second-order valence-electron chi connectivity index (χ2n) is 14.1. The summed E-state index contributed by atoms with van der Waals surface area (Å²) in [6.45, 7) is 1.24. The van der Waals surface area contributed by atoms with Crippen molar-refractivity contribution in [2.24, 2.45) is 22.9 Å². The van der Waals surface area contributed by atoms with E-state index in [0.29, 0.717) is 44.5 Å². The summed E-state index contributed by atoms with van der Waals surface area (Å²) in [5.74, 6) is 1.50. The van der Waals surface area contributed by atoms with Crippen LogP contribution in [0.15, 0.2) is 48.5 Å². The van der Waals surface area contributed by atoms with E-state index in [4.69, 9.17) is 37.1 Å². The van der Waals surface area contributed by atoms with Gasteiger partial charge in [0.1, 0.15) is 30.5 Å². The number of fused-ring (bicyclic) bond motifs is 2. The summed E-state index contributed by atoms with van der Waals surface area (Å²) < 4.78 is 17.9. The third-order valence-corrected chi connectivity index (χ3v) is 11.2. The van der Waals surface area contributed by atoms with Crippen LogP contribution in [-0.2, 0) is 19.0 Å². The normalized spacial score (nSPS) is 28.6. The molecular weight excluding hydrogens is 715 g/mol. The van der Waals surface area contributed by atoms with Crippen LogP contribution in [0.4, 0.5) is 0 Å². The van der Waals surface area contributed by atoms with Gasteiger partial charge in [0.05, 0.1) is 28.7 Å². The van der Waals surface area contributed by atoms with Crippen LogP contribution in [-0.4, -0.2) is 131 Å². The third kappa shape index (κ3) is 10.9. The second kappa shape index (κ2) is 20.8. The summed E-state index contributed by atoms with van der Waals surface area (Å²) >= 11 is 1.74. The van der Waals surface area contributed by atoms with Crippen molar-refractivity contribution in [1.29, 1.82) is 0 Å². The number of thioether (sulfide) groups is 1. The van der Waals surface area contributed by atoms with Gasteiger partial charge in [-0.1, -0.05) is 49.2 Å². The number of nitrogens with one attached hydrogen (secondary N) is 2. The smallest absolute Gasteiger partial charge is 0.252 e. The van der Waals surface area contributed by atoms with Gasteiger partial charge in [0.2, 0.25) is 5.91 Å². The highest BCUT2D eigenvalue weighted by Crippen LogP contribution is 2.29. The molecule has 3 aromatic rings. The molecule has 0 unspecified atom stereocenters. The number of benzene rings is 2. The molecule has 1 aliphatic carbocycles. The average Bonchev–Trinajstić information content (AvgIpc) is 3.17. The van der Waals surface area contributed by atoms with Crippen molar-refractivity contribution < 1.29 is 39.1 Å². The van der Waals surface area contributed by atoms with E-state index >= 15 is 0 Å². The lowest BCUT2D eigenvalue weighted by Crippen LogP contribution is -2.67. The number of carbonyl (C=O) groups is 2. The van der Waals surface area contributed by atoms with Crippen LogP contribution in [0, 0.1) is 0 Å². The first kappa shape index (κ1) is 42.1. The second-order valence-corrected chi connectivity index (χ2v) is 15.3. The number of hydrogen-bond donors (Lipinski definition) is 9. The molecule has 1 saturated heterocycles. The van der Waals surface area contributed by atoms with Gasteiger partial charge in [0.25, 0.3) is 5.91 Å². The highest BCUT2D eigenvalue weighted by atomic mass is 32.2. The van der Waals surface area contributed by atoms with Crippen molar-refractivity contribution in [1.82, 2.24) is 15.6 Å². The molecule has 2 aromatic carbocycles. The molecule has 1 aliphatic heterocycles. The molecule has 2 amide bonds. The minimum atomic E-state index is -1.31. The van der Waals surface area contributed by atoms with Crippen LogP contribution in [0.25, 0.3) is 21.8 Å². The van der Waals surface area contributed by atoms with Gasteiger partial charge in [-0.2, -0.15) is 11.8 Å². The van der Waals surface area contributed by atoms with E-state index in [1.54, 1.807) is 11.8 Å². The Balaban J connectivity index is 0.916. The minimum Gasteiger partial charge on any atom is -0.389 e. The zero-order valence-corrected chi connectivity index (χ0v) is 31.4. The topological polar surface area (TPSA) is 264 Å². The van der Waals surface area contributed by atoms with E-state index in [2.05, 4.69) is 15.6 Å². The van der Waals surface area contributed by atoms with Gasteiger partial charge in [-0.3, -0.25) is 9.59 Å². The highest BCUT2D eigenvalue weighted by Gasteiger charge is 2.48. The molecule has 0 radical (unpaired) electrons. The fourth-order valence-electron chi connectivity index (χ4n) is 6.99. The van der Waals surface area contributed by atoms with Gasteiger partial charge in [-0.05, 0) is 43.6 Å². The molecule has 0 bridgehead atoms. The maximum absolute atomic E-state index is 13.2. The van der Waals surface area contributed by atoms with Crippen molar-refractivity contribution in [3.63, 3.8) is 0 Å². The Morgan fingerprint density at radius 3 is 2.19 bits per heavy atom. The van der Waals surface area contributed by atoms with E-state index in [9.17, 15) is 24.9 Å². The molecule has 1 aromatic heterocycles. The highest BCUT2D eigenvalue weighted by molar-refractivity contribution is 7.99. The van der Waals surface area contributed by atoms with Gasteiger partial charge < -0.3 is 63.1 Å². The fraction of sp³-hybridized carbons (Fsp3) is 0.605. The van der Waals surface area contributed by atoms with Crippen molar-refractivity contribution in [3.8, 4) is 0 Å². The summed E-state index contributed by atoms with van der Waals surface area (Å²) in [6.07, 6.45) is -2.19. The lowest BCUT2D eigenvalue weighted by molar-refractivity contribution is -0.291. The van der Waals surface area contributed by atoms with E-state index in [1.165, 1.54) is 0 Å². The Kier molecular flexibility index (Phi) is 16.2. The number of nitrogens with two attached hydrogens (primary N) is 4. The number of amides is 2. The first-order valence-electron chi connectivity index (χ1n) is 18.9. The Hall–Kier alpha value is -3.00. The van der Waals surface area contributed by atoms with Crippen molar-refractivity contribution in [2.75, 3.05) is 37.7 Å². The average molecular weight is 772 g/mol. The summed E-state index contributed by atoms with van der Waals surface area (Å²) in [5, 5.41) is 39.0. The number of aliphatic hydroxyl groups is 3. The van der Waals surface area contributed by atoms with Crippen molar-refractivity contribution >= 4 is 45.4 Å². The molecule has 13 N–H and O–H groups in total. The Morgan fingerprint density at radius 2 is 1.48 bits per heavy atom. The van der Waals surface area contributed by atoms with Crippen LogP contribution in [0.3, 0.4) is 0 Å². The number of rotatable bonds is 19. The Morgan fingerprint density at radius 1 is 0.815 bits per heavy atom. The monoisotopic (exact) mass is 771 g/mol. The quantitative estimate of drug-likeness (QED) is 0.0584. The zero-order chi connectivity index (χ0) is 38.6. The molecule has 10 atom stereocenters.